The van der Waals surface area contributed by atoms with E-state index < -0.39 is 24.1 Å². The molecule has 2 heterocycles. The number of ether oxygens (including phenoxy) is 1. The van der Waals surface area contributed by atoms with E-state index in [0.29, 0.717) is 0 Å². The lowest BCUT2D eigenvalue weighted by atomic mass is 10.2. The van der Waals surface area contributed by atoms with Crippen LogP contribution in [0.5, 0.6) is 0 Å². The molecule has 7 heteroatoms. The first-order valence-corrected chi connectivity index (χ1v) is 4.91. The Morgan fingerprint density at radius 3 is 3.00 bits per heavy atom. The Labute approximate surface area is 91.1 Å². The lowest BCUT2D eigenvalue weighted by Gasteiger charge is -2.13. The molecule has 1 aliphatic rings. The second-order valence-corrected chi connectivity index (χ2v) is 3.66. The number of aliphatic hydroxyl groups excluding tert-OH is 2. The van der Waals surface area contributed by atoms with Gasteiger partial charge in [0.2, 0.25) is 0 Å². The van der Waals surface area contributed by atoms with Crippen LogP contribution in [-0.2, 0) is 4.74 Å². The number of rotatable bonds is 2. The fourth-order valence-electron chi connectivity index (χ4n) is 1.70. The predicted molar refractivity (Wildman–Crippen MR) is 54.5 cm³/mol. The van der Waals surface area contributed by atoms with E-state index in [4.69, 9.17) is 15.6 Å². The summed E-state index contributed by atoms with van der Waals surface area (Å²) in [6.45, 7) is -0.283. The van der Waals surface area contributed by atoms with E-state index in [1.165, 1.54) is 16.8 Å². The van der Waals surface area contributed by atoms with Crippen molar-refractivity contribution < 1.29 is 14.9 Å². The molecule has 7 nitrogen and oxygen atoms in total. The lowest BCUT2D eigenvalue weighted by Crippen LogP contribution is -2.27. The van der Waals surface area contributed by atoms with Gasteiger partial charge in [-0.15, -0.1) is 0 Å². The molecule has 1 saturated heterocycles. The van der Waals surface area contributed by atoms with Crippen molar-refractivity contribution in [3.05, 3.63) is 22.7 Å². The lowest BCUT2D eigenvalue weighted by molar-refractivity contribution is -0.0458. The highest BCUT2D eigenvalue weighted by Crippen LogP contribution is 2.27. The minimum atomic E-state index is -0.778. The molecular formula is C9H13N3O4. The minimum absolute atomic E-state index is 0.138. The molecule has 88 valence electrons. The van der Waals surface area contributed by atoms with Crippen LogP contribution in [0.1, 0.15) is 12.6 Å². The van der Waals surface area contributed by atoms with E-state index in [1.807, 2.05) is 0 Å². The van der Waals surface area contributed by atoms with Crippen LogP contribution in [0.4, 0.5) is 5.82 Å². The van der Waals surface area contributed by atoms with Crippen molar-refractivity contribution in [2.45, 2.75) is 24.9 Å². The van der Waals surface area contributed by atoms with E-state index in [2.05, 4.69) is 4.98 Å². The van der Waals surface area contributed by atoms with E-state index in [1.54, 1.807) is 0 Å². The highest BCUT2D eigenvalue weighted by Gasteiger charge is 2.34. The van der Waals surface area contributed by atoms with Crippen molar-refractivity contribution in [3.8, 4) is 0 Å². The number of anilines is 1. The first-order chi connectivity index (χ1) is 7.61. The quantitative estimate of drug-likeness (QED) is 0.565. The molecule has 1 fully saturated rings. The van der Waals surface area contributed by atoms with Crippen molar-refractivity contribution in [3.63, 3.8) is 0 Å². The first-order valence-electron chi connectivity index (χ1n) is 4.91. The molecule has 4 N–H and O–H groups in total. The van der Waals surface area contributed by atoms with Crippen LogP contribution in [0.2, 0.25) is 0 Å². The number of nitrogens with zero attached hydrogens (tertiary/aromatic N) is 2. The van der Waals surface area contributed by atoms with Crippen LogP contribution in [0, 0.1) is 0 Å². The monoisotopic (exact) mass is 227 g/mol. The molecule has 0 amide bonds. The topological polar surface area (TPSA) is 111 Å². The Kier molecular flexibility index (Phi) is 2.90. The summed E-state index contributed by atoms with van der Waals surface area (Å²) >= 11 is 0. The largest absolute Gasteiger partial charge is 0.394 e. The summed E-state index contributed by atoms with van der Waals surface area (Å²) in [6.07, 6.45) is -0.333. The van der Waals surface area contributed by atoms with Gasteiger partial charge in [-0.3, -0.25) is 4.57 Å². The molecule has 0 unspecified atom stereocenters. The third-order valence-electron chi connectivity index (χ3n) is 2.55. The molecule has 0 aromatic carbocycles. The number of aliphatic hydroxyl groups is 2. The van der Waals surface area contributed by atoms with Crippen LogP contribution < -0.4 is 11.4 Å². The van der Waals surface area contributed by atoms with Crippen molar-refractivity contribution in [1.29, 1.82) is 0 Å². The van der Waals surface area contributed by atoms with Gasteiger partial charge in [-0.25, -0.2) is 4.79 Å². The fraction of sp³-hybridized carbons (Fsp3) is 0.556. The van der Waals surface area contributed by atoms with Crippen LogP contribution in [0.15, 0.2) is 17.1 Å². The van der Waals surface area contributed by atoms with Gasteiger partial charge in [0.25, 0.3) is 0 Å². The van der Waals surface area contributed by atoms with E-state index in [9.17, 15) is 9.90 Å². The average molecular weight is 227 g/mol. The van der Waals surface area contributed by atoms with Gasteiger partial charge in [-0.1, -0.05) is 0 Å². The van der Waals surface area contributed by atoms with E-state index in [0.717, 1.165) is 0 Å². The summed E-state index contributed by atoms with van der Waals surface area (Å²) in [6, 6.07) is 1.48. The average Bonchev–Trinajstić information content (AvgIpc) is 2.59. The third kappa shape index (κ3) is 1.92. The van der Waals surface area contributed by atoms with Gasteiger partial charge in [0, 0.05) is 12.6 Å². The summed E-state index contributed by atoms with van der Waals surface area (Å²) in [4.78, 5) is 15.0. The summed E-state index contributed by atoms with van der Waals surface area (Å²) < 4.78 is 6.56. The Bertz CT molecular complexity index is 433. The fourth-order valence-corrected chi connectivity index (χ4v) is 1.70. The number of nitrogens with two attached hydrogens (primary N) is 1. The van der Waals surface area contributed by atoms with Gasteiger partial charge in [0.05, 0.1) is 12.7 Å². The summed E-state index contributed by atoms with van der Waals surface area (Å²) in [5.74, 6) is 0.138. The Morgan fingerprint density at radius 2 is 2.44 bits per heavy atom. The zero-order chi connectivity index (χ0) is 11.7. The molecule has 0 bridgehead atoms. The molecule has 0 aliphatic carbocycles. The number of nitrogen functional groups attached to an aromatic ring is 1. The molecular weight excluding hydrogens is 214 g/mol. The summed E-state index contributed by atoms with van der Waals surface area (Å²) in [7, 11) is 0. The van der Waals surface area contributed by atoms with Gasteiger partial charge in [0.1, 0.15) is 18.1 Å². The molecule has 0 spiro atoms. The van der Waals surface area contributed by atoms with Gasteiger partial charge < -0.3 is 20.7 Å². The number of aromatic nitrogens is 2. The standard InChI is InChI=1S/C9H13N3O4/c10-7-1-2-12(9(15)11-7)8-3-5(14)6(4-13)16-8/h1-2,5-6,8,13-14H,3-4H2,(H2,10,11,15)/t5-,6+,8-/m1/s1. The van der Waals surface area contributed by atoms with Gasteiger partial charge >= 0.3 is 5.69 Å². The maximum Gasteiger partial charge on any atom is 0.351 e. The molecule has 0 saturated carbocycles. The number of hydrogen-bond donors (Lipinski definition) is 3. The second kappa shape index (κ2) is 4.20. The van der Waals surface area contributed by atoms with Crippen molar-refractivity contribution in [2.24, 2.45) is 0 Å². The summed E-state index contributed by atoms with van der Waals surface area (Å²) in [5, 5.41) is 18.4. The molecule has 1 aromatic rings. The molecule has 2 rings (SSSR count). The number of hydrogen-bond acceptors (Lipinski definition) is 6. The molecule has 1 aromatic heterocycles. The normalized spacial score (nSPS) is 29.5. The minimum Gasteiger partial charge on any atom is -0.394 e. The van der Waals surface area contributed by atoms with Gasteiger partial charge in [0.15, 0.2) is 0 Å². The zero-order valence-electron chi connectivity index (χ0n) is 8.48. The maximum atomic E-state index is 11.5. The zero-order valence-corrected chi connectivity index (χ0v) is 8.48. The van der Waals surface area contributed by atoms with Gasteiger partial charge in [-0.2, -0.15) is 4.98 Å². The Morgan fingerprint density at radius 1 is 1.69 bits per heavy atom. The smallest absolute Gasteiger partial charge is 0.351 e. The van der Waals surface area contributed by atoms with Crippen LogP contribution in [-0.4, -0.2) is 38.6 Å². The summed E-state index contributed by atoms with van der Waals surface area (Å²) in [5.41, 5.74) is 4.82. The molecule has 16 heavy (non-hydrogen) atoms. The van der Waals surface area contributed by atoms with Crippen molar-refractivity contribution in [1.82, 2.24) is 9.55 Å². The third-order valence-corrected chi connectivity index (χ3v) is 2.55. The van der Waals surface area contributed by atoms with Crippen LogP contribution in [0.3, 0.4) is 0 Å². The van der Waals surface area contributed by atoms with Crippen molar-refractivity contribution >= 4 is 5.82 Å². The first kappa shape index (κ1) is 11.1. The van der Waals surface area contributed by atoms with Crippen LogP contribution >= 0.6 is 0 Å². The highest BCUT2D eigenvalue weighted by molar-refractivity contribution is 5.23. The molecule has 0 radical (unpaired) electrons. The van der Waals surface area contributed by atoms with E-state index in [-0.39, 0.29) is 18.8 Å². The van der Waals surface area contributed by atoms with Crippen molar-refractivity contribution in [2.75, 3.05) is 12.3 Å². The van der Waals surface area contributed by atoms with Gasteiger partial charge in [-0.05, 0) is 6.07 Å². The SMILES string of the molecule is Nc1ccn([C@H]2C[C@@H](O)[C@H](CO)O2)c(=O)n1. The van der Waals surface area contributed by atoms with E-state index >= 15 is 0 Å². The van der Waals surface area contributed by atoms with Crippen LogP contribution in [0.25, 0.3) is 0 Å². The Balaban J connectivity index is 2.23. The maximum absolute atomic E-state index is 11.5. The Hall–Kier alpha value is -1.44. The predicted octanol–water partition coefficient (Wildman–Crippen LogP) is -1.53. The molecule has 1 aliphatic heterocycles. The molecule has 3 atom stereocenters. The second-order valence-electron chi connectivity index (χ2n) is 3.66. The highest BCUT2D eigenvalue weighted by atomic mass is 16.5.